The topological polar surface area (TPSA) is 53.0 Å². The van der Waals surface area contributed by atoms with Crippen molar-refractivity contribution < 1.29 is 4.74 Å². The summed E-state index contributed by atoms with van der Waals surface area (Å²) in [6.07, 6.45) is 2.70. The normalized spacial score (nSPS) is 14.4. The molecule has 0 atom stereocenters. The summed E-state index contributed by atoms with van der Waals surface area (Å²) in [5.74, 6) is 1.90. The maximum atomic E-state index is 5.35. The Hall–Kier alpha value is -2.03. The average molecular weight is 495 g/mol. The fraction of sp³-hybridized carbons (Fsp3) is 0.429. The molecule has 0 bridgehead atoms. The summed E-state index contributed by atoms with van der Waals surface area (Å²) in [6.45, 7) is 7.57. The van der Waals surface area contributed by atoms with Crippen LogP contribution in [0.1, 0.15) is 12.6 Å². The summed E-state index contributed by atoms with van der Waals surface area (Å²) in [6, 6.07) is 14.3. The third-order valence-electron chi connectivity index (χ3n) is 4.69. The first-order valence-electron chi connectivity index (χ1n) is 9.62. The highest BCUT2D eigenvalue weighted by Crippen LogP contribution is 2.22. The van der Waals surface area contributed by atoms with Gasteiger partial charge in [0.1, 0.15) is 5.75 Å². The second-order valence-corrected chi connectivity index (χ2v) is 6.48. The maximum absolute atomic E-state index is 5.35. The Bertz CT molecular complexity index is 733. The molecule has 0 aliphatic carbocycles. The molecule has 152 valence electrons. The van der Waals surface area contributed by atoms with Crippen molar-refractivity contribution in [3.63, 3.8) is 0 Å². The van der Waals surface area contributed by atoms with E-state index in [0.717, 1.165) is 63.1 Å². The molecule has 1 N–H and O–H groups in total. The van der Waals surface area contributed by atoms with Gasteiger partial charge in [0.25, 0.3) is 0 Å². The second-order valence-electron chi connectivity index (χ2n) is 6.48. The molecule has 1 aliphatic rings. The first-order chi connectivity index (χ1) is 13.3. The number of nitrogens with zero attached hydrogens (tertiary/aromatic N) is 4. The number of aliphatic imine (C=N–C) groups is 1. The number of halogens is 1. The maximum Gasteiger partial charge on any atom is 0.194 e. The third kappa shape index (κ3) is 6.25. The first kappa shape index (κ1) is 22.3. The molecule has 0 unspecified atom stereocenters. The smallest absolute Gasteiger partial charge is 0.194 e. The van der Waals surface area contributed by atoms with Crippen LogP contribution in [0.15, 0.2) is 53.7 Å². The van der Waals surface area contributed by atoms with Gasteiger partial charge < -0.3 is 19.9 Å². The van der Waals surface area contributed by atoms with E-state index in [-0.39, 0.29) is 24.0 Å². The molecule has 28 heavy (non-hydrogen) atoms. The minimum atomic E-state index is 0. The van der Waals surface area contributed by atoms with Gasteiger partial charge in [0.2, 0.25) is 0 Å². The van der Waals surface area contributed by atoms with Crippen LogP contribution in [-0.4, -0.2) is 62.2 Å². The summed E-state index contributed by atoms with van der Waals surface area (Å²) >= 11 is 0. The Labute approximate surface area is 185 Å². The van der Waals surface area contributed by atoms with Crippen molar-refractivity contribution in [1.82, 2.24) is 15.2 Å². The molecule has 1 saturated heterocycles. The van der Waals surface area contributed by atoms with E-state index in [9.17, 15) is 0 Å². The van der Waals surface area contributed by atoms with Crippen LogP contribution in [0.5, 0.6) is 5.75 Å². The van der Waals surface area contributed by atoms with E-state index >= 15 is 0 Å². The lowest BCUT2D eigenvalue weighted by atomic mass is 10.2. The number of hydrogen-bond acceptors (Lipinski definition) is 4. The molecular formula is C21H30IN5O. The summed E-state index contributed by atoms with van der Waals surface area (Å²) < 4.78 is 5.35. The van der Waals surface area contributed by atoms with Crippen LogP contribution in [0, 0.1) is 0 Å². The van der Waals surface area contributed by atoms with Gasteiger partial charge in [-0.3, -0.25) is 9.98 Å². The van der Waals surface area contributed by atoms with Crippen molar-refractivity contribution in [2.24, 2.45) is 4.99 Å². The zero-order valence-corrected chi connectivity index (χ0v) is 19.0. The minimum Gasteiger partial charge on any atom is -0.497 e. The Morgan fingerprint density at radius 2 is 1.96 bits per heavy atom. The van der Waals surface area contributed by atoms with Gasteiger partial charge in [0.15, 0.2) is 5.96 Å². The highest BCUT2D eigenvalue weighted by atomic mass is 127. The quantitative estimate of drug-likeness (QED) is 0.380. The molecule has 0 saturated carbocycles. The SMILES string of the molecule is CCNC(=NCCc1ccccn1)N1CCN(c2cccc(OC)c2)CC1.I. The summed E-state index contributed by atoms with van der Waals surface area (Å²) in [7, 11) is 1.71. The number of pyridine rings is 1. The molecule has 7 heteroatoms. The fourth-order valence-electron chi connectivity index (χ4n) is 3.23. The van der Waals surface area contributed by atoms with E-state index in [1.807, 2.05) is 30.5 Å². The lowest BCUT2D eigenvalue weighted by Crippen LogP contribution is -2.52. The van der Waals surface area contributed by atoms with E-state index in [1.54, 1.807) is 7.11 Å². The lowest BCUT2D eigenvalue weighted by molar-refractivity contribution is 0.372. The van der Waals surface area contributed by atoms with Gasteiger partial charge in [-0.05, 0) is 31.2 Å². The molecule has 3 rings (SSSR count). The molecule has 1 aromatic heterocycles. The molecule has 0 spiro atoms. The third-order valence-corrected chi connectivity index (χ3v) is 4.69. The number of piperazine rings is 1. The van der Waals surface area contributed by atoms with E-state index in [4.69, 9.17) is 9.73 Å². The molecule has 0 amide bonds. The highest BCUT2D eigenvalue weighted by Gasteiger charge is 2.20. The molecule has 2 aromatic rings. The Morgan fingerprint density at radius 3 is 2.64 bits per heavy atom. The number of rotatable bonds is 6. The largest absolute Gasteiger partial charge is 0.497 e. The number of anilines is 1. The summed E-state index contributed by atoms with van der Waals surface area (Å²) in [4.78, 5) is 13.9. The van der Waals surface area contributed by atoms with E-state index < -0.39 is 0 Å². The van der Waals surface area contributed by atoms with Crippen LogP contribution in [0.25, 0.3) is 0 Å². The van der Waals surface area contributed by atoms with Crippen LogP contribution in [0.4, 0.5) is 5.69 Å². The zero-order chi connectivity index (χ0) is 18.9. The molecule has 6 nitrogen and oxygen atoms in total. The molecule has 1 fully saturated rings. The standard InChI is InChI=1S/C21H29N5O.HI/c1-3-22-21(24-12-10-18-7-4-5-11-23-18)26-15-13-25(14-16-26)19-8-6-9-20(17-19)27-2;/h4-9,11,17H,3,10,12-16H2,1-2H3,(H,22,24);1H. The van der Waals surface area contributed by atoms with Crippen LogP contribution in [0.2, 0.25) is 0 Å². The van der Waals surface area contributed by atoms with Crippen molar-refractivity contribution in [2.45, 2.75) is 13.3 Å². The molecule has 2 heterocycles. The van der Waals surface area contributed by atoms with Crippen LogP contribution in [-0.2, 0) is 6.42 Å². The van der Waals surface area contributed by atoms with Crippen molar-refractivity contribution in [2.75, 3.05) is 51.3 Å². The zero-order valence-electron chi connectivity index (χ0n) is 16.7. The molecular weight excluding hydrogens is 465 g/mol. The molecule has 1 aromatic carbocycles. The van der Waals surface area contributed by atoms with Gasteiger partial charge in [0, 0.05) is 69.3 Å². The number of aromatic nitrogens is 1. The fourth-order valence-corrected chi connectivity index (χ4v) is 3.23. The van der Waals surface area contributed by atoms with Crippen LogP contribution < -0.4 is 15.0 Å². The second kappa shape index (κ2) is 11.7. The highest BCUT2D eigenvalue weighted by molar-refractivity contribution is 14.0. The lowest BCUT2D eigenvalue weighted by Gasteiger charge is -2.37. The van der Waals surface area contributed by atoms with E-state index in [2.05, 4.69) is 45.2 Å². The van der Waals surface area contributed by atoms with E-state index in [1.165, 1.54) is 5.69 Å². The molecule has 1 aliphatic heterocycles. The van der Waals surface area contributed by atoms with Crippen molar-refractivity contribution in [3.8, 4) is 5.75 Å². The van der Waals surface area contributed by atoms with Gasteiger partial charge in [-0.1, -0.05) is 12.1 Å². The minimum absolute atomic E-state index is 0. The van der Waals surface area contributed by atoms with Gasteiger partial charge in [0.05, 0.1) is 7.11 Å². The number of nitrogens with one attached hydrogen (secondary N) is 1. The number of methoxy groups -OCH3 is 1. The number of guanidine groups is 1. The van der Waals surface area contributed by atoms with Crippen LogP contribution >= 0.6 is 24.0 Å². The summed E-state index contributed by atoms with van der Waals surface area (Å²) in [5, 5.41) is 3.43. The van der Waals surface area contributed by atoms with Gasteiger partial charge in [-0.25, -0.2) is 0 Å². The predicted octanol–water partition coefficient (Wildman–Crippen LogP) is 3.04. The van der Waals surface area contributed by atoms with Gasteiger partial charge in [-0.15, -0.1) is 24.0 Å². The number of ether oxygens (including phenoxy) is 1. The van der Waals surface area contributed by atoms with Crippen molar-refractivity contribution >= 4 is 35.6 Å². The first-order valence-corrected chi connectivity index (χ1v) is 9.62. The van der Waals surface area contributed by atoms with Crippen molar-refractivity contribution in [3.05, 3.63) is 54.4 Å². The predicted molar refractivity (Wildman–Crippen MR) is 126 cm³/mol. The van der Waals surface area contributed by atoms with Crippen LogP contribution in [0.3, 0.4) is 0 Å². The van der Waals surface area contributed by atoms with Crippen molar-refractivity contribution in [1.29, 1.82) is 0 Å². The monoisotopic (exact) mass is 495 g/mol. The average Bonchev–Trinajstić information content (AvgIpc) is 2.74. The number of benzene rings is 1. The molecule has 0 radical (unpaired) electrons. The van der Waals surface area contributed by atoms with E-state index in [0.29, 0.717) is 0 Å². The van der Waals surface area contributed by atoms with Gasteiger partial charge in [-0.2, -0.15) is 0 Å². The summed E-state index contributed by atoms with van der Waals surface area (Å²) in [5.41, 5.74) is 2.30. The Kier molecular flexibility index (Phi) is 9.33. The van der Waals surface area contributed by atoms with Gasteiger partial charge >= 0.3 is 0 Å². The Morgan fingerprint density at radius 1 is 1.14 bits per heavy atom. The Balaban J connectivity index is 0.00000280. The number of hydrogen-bond donors (Lipinski definition) is 1.